The highest BCUT2D eigenvalue weighted by molar-refractivity contribution is 7.89. The summed E-state index contributed by atoms with van der Waals surface area (Å²) in [5, 5.41) is 9.44. The zero-order valence-corrected chi connectivity index (χ0v) is 15.6. The summed E-state index contributed by atoms with van der Waals surface area (Å²) in [4.78, 5) is 1.97. The zero-order valence-electron chi connectivity index (χ0n) is 13.2. The molecule has 8 heteroatoms. The number of halogens is 1. The number of nitrogens with two attached hydrogens (primary N) is 1. The molecular formula is C16H18ClN3O2S2. The first-order chi connectivity index (χ1) is 11.2. The Morgan fingerprint density at radius 2 is 1.71 bits per heavy atom. The number of rotatable bonds is 4. The van der Waals surface area contributed by atoms with Gasteiger partial charge in [-0.3, -0.25) is 0 Å². The van der Waals surface area contributed by atoms with Gasteiger partial charge in [-0.05, 0) is 61.1 Å². The van der Waals surface area contributed by atoms with Gasteiger partial charge in [0.05, 0.1) is 10.9 Å². The number of anilines is 1. The van der Waals surface area contributed by atoms with E-state index in [1.165, 1.54) is 12.1 Å². The smallest absolute Gasteiger partial charge is 0.238 e. The molecular weight excluding hydrogens is 366 g/mol. The number of benzene rings is 2. The molecule has 24 heavy (non-hydrogen) atoms. The van der Waals surface area contributed by atoms with Crippen LogP contribution >= 0.6 is 23.8 Å². The minimum Gasteiger partial charge on any atom is -0.345 e. The predicted octanol–water partition coefficient (Wildman–Crippen LogP) is 3.38. The van der Waals surface area contributed by atoms with Crippen molar-refractivity contribution in [2.24, 2.45) is 5.14 Å². The Kier molecular flexibility index (Phi) is 5.82. The van der Waals surface area contributed by atoms with Crippen molar-refractivity contribution < 1.29 is 8.42 Å². The summed E-state index contributed by atoms with van der Waals surface area (Å²) in [7, 11) is -1.82. The first-order valence-corrected chi connectivity index (χ1v) is 9.44. The van der Waals surface area contributed by atoms with Crippen LogP contribution in [-0.4, -0.2) is 25.5 Å². The molecule has 0 aromatic heterocycles. The molecule has 2 rings (SSSR count). The average Bonchev–Trinajstić information content (AvgIpc) is 2.55. The van der Waals surface area contributed by atoms with Gasteiger partial charge < -0.3 is 10.2 Å². The predicted molar refractivity (Wildman–Crippen MR) is 102 cm³/mol. The van der Waals surface area contributed by atoms with E-state index in [0.717, 1.165) is 11.3 Å². The summed E-state index contributed by atoms with van der Waals surface area (Å²) in [6.07, 6.45) is 0. The molecule has 2 aromatic carbocycles. The SMILES string of the molecule is C[C@H](c1ccc(S(N)(=O)=O)cc1)N(C)C(=S)Nc1ccc(Cl)cc1. The molecule has 0 amide bonds. The zero-order chi connectivity index (χ0) is 17.9. The van der Waals surface area contributed by atoms with Gasteiger partial charge in [0.2, 0.25) is 10.0 Å². The van der Waals surface area contributed by atoms with Gasteiger partial charge in [0, 0.05) is 17.8 Å². The summed E-state index contributed by atoms with van der Waals surface area (Å²) in [5.74, 6) is 0. The maximum absolute atomic E-state index is 11.3. The summed E-state index contributed by atoms with van der Waals surface area (Å²) in [5.41, 5.74) is 1.76. The van der Waals surface area contributed by atoms with Gasteiger partial charge >= 0.3 is 0 Å². The van der Waals surface area contributed by atoms with Gasteiger partial charge in [-0.1, -0.05) is 23.7 Å². The van der Waals surface area contributed by atoms with E-state index >= 15 is 0 Å². The number of hydrogen-bond donors (Lipinski definition) is 2. The highest BCUT2D eigenvalue weighted by Crippen LogP contribution is 2.22. The van der Waals surface area contributed by atoms with Crippen molar-refractivity contribution in [2.45, 2.75) is 17.9 Å². The third kappa shape index (κ3) is 4.67. The van der Waals surface area contributed by atoms with E-state index in [4.69, 9.17) is 29.0 Å². The Balaban J connectivity index is 2.09. The lowest BCUT2D eigenvalue weighted by Gasteiger charge is -2.28. The van der Waals surface area contributed by atoms with Crippen LogP contribution < -0.4 is 10.5 Å². The molecule has 0 bridgehead atoms. The average molecular weight is 384 g/mol. The Morgan fingerprint density at radius 3 is 2.21 bits per heavy atom. The monoisotopic (exact) mass is 383 g/mol. The molecule has 0 radical (unpaired) electrons. The quantitative estimate of drug-likeness (QED) is 0.791. The third-order valence-electron chi connectivity index (χ3n) is 3.69. The minimum atomic E-state index is -3.69. The highest BCUT2D eigenvalue weighted by atomic mass is 35.5. The summed E-state index contributed by atoms with van der Waals surface area (Å²) < 4.78 is 22.6. The molecule has 0 fully saturated rings. The molecule has 0 aliphatic rings. The molecule has 1 atom stereocenters. The Morgan fingerprint density at radius 1 is 1.17 bits per heavy atom. The number of nitrogens with zero attached hydrogens (tertiary/aromatic N) is 1. The second kappa shape index (κ2) is 7.48. The molecule has 0 saturated heterocycles. The molecule has 0 spiro atoms. The second-order valence-electron chi connectivity index (χ2n) is 5.34. The van der Waals surface area contributed by atoms with Gasteiger partial charge in [-0.2, -0.15) is 0 Å². The Labute approximate surface area is 152 Å². The van der Waals surface area contributed by atoms with Crippen molar-refractivity contribution in [3.05, 3.63) is 59.1 Å². The van der Waals surface area contributed by atoms with Crippen LogP contribution in [0.15, 0.2) is 53.4 Å². The van der Waals surface area contributed by atoms with Crippen molar-refractivity contribution >= 4 is 44.6 Å². The van der Waals surface area contributed by atoms with E-state index in [1.54, 1.807) is 24.3 Å². The van der Waals surface area contributed by atoms with Gasteiger partial charge in [-0.15, -0.1) is 0 Å². The van der Waals surface area contributed by atoms with Gasteiger partial charge in [0.1, 0.15) is 0 Å². The summed E-state index contributed by atoms with van der Waals surface area (Å²) in [6.45, 7) is 1.97. The normalized spacial score (nSPS) is 12.5. The Bertz CT molecular complexity index is 821. The molecule has 128 valence electrons. The largest absolute Gasteiger partial charge is 0.345 e. The van der Waals surface area contributed by atoms with E-state index in [-0.39, 0.29) is 10.9 Å². The number of nitrogens with one attached hydrogen (secondary N) is 1. The van der Waals surface area contributed by atoms with Crippen LogP contribution in [0.25, 0.3) is 0 Å². The van der Waals surface area contributed by atoms with Crippen LogP contribution in [0.2, 0.25) is 5.02 Å². The number of primary sulfonamides is 1. The summed E-state index contributed by atoms with van der Waals surface area (Å²) in [6, 6.07) is 13.6. The fourth-order valence-corrected chi connectivity index (χ4v) is 3.00. The third-order valence-corrected chi connectivity index (χ3v) is 5.26. The van der Waals surface area contributed by atoms with Crippen molar-refractivity contribution in [1.29, 1.82) is 0 Å². The van der Waals surface area contributed by atoms with E-state index in [9.17, 15) is 8.42 Å². The lowest BCUT2D eigenvalue weighted by Crippen LogP contribution is -2.33. The van der Waals surface area contributed by atoms with Crippen LogP contribution in [0.4, 0.5) is 5.69 Å². The first-order valence-electron chi connectivity index (χ1n) is 7.10. The van der Waals surface area contributed by atoms with Crippen LogP contribution in [0, 0.1) is 0 Å². The van der Waals surface area contributed by atoms with Gasteiger partial charge in [0.15, 0.2) is 5.11 Å². The molecule has 5 nitrogen and oxygen atoms in total. The minimum absolute atomic E-state index is 0.0492. The number of thiocarbonyl (C=S) groups is 1. The van der Waals surface area contributed by atoms with Crippen LogP contribution in [0.3, 0.4) is 0 Å². The lowest BCUT2D eigenvalue weighted by molar-refractivity contribution is 0.408. The summed E-state index contributed by atoms with van der Waals surface area (Å²) >= 11 is 11.3. The van der Waals surface area contributed by atoms with Crippen molar-refractivity contribution in [2.75, 3.05) is 12.4 Å². The Hall–Kier alpha value is -1.67. The van der Waals surface area contributed by atoms with Crippen molar-refractivity contribution in [3.8, 4) is 0 Å². The van der Waals surface area contributed by atoms with Crippen LogP contribution in [0.5, 0.6) is 0 Å². The topological polar surface area (TPSA) is 75.4 Å². The molecule has 0 aliphatic heterocycles. The van der Waals surface area contributed by atoms with E-state index in [2.05, 4.69) is 5.32 Å². The molecule has 0 unspecified atom stereocenters. The molecule has 0 aliphatic carbocycles. The highest BCUT2D eigenvalue weighted by Gasteiger charge is 2.16. The molecule has 3 N–H and O–H groups in total. The van der Waals surface area contributed by atoms with Crippen LogP contribution in [0.1, 0.15) is 18.5 Å². The maximum Gasteiger partial charge on any atom is 0.238 e. The lowest BCUT2D eigenvalue weighted by atomic mass is 10.1. The van der Waals surface area contributed by atoms with Crippen molar-refractivity contribution in [3.63, 3.8) is 0 Å². The van der Waals surface area contributed by atoms with E-state index < -0.39 is 10.0 Å². The molecule has 2 aromatic rings. The standard InChI is InChI=1S/C16H18ClN3O2S2/c1-11(12-3-9-15(10-4-12)24(18,21)22)20(2)16(23)19-14-7-5-13(17)6-8-14/h3-11H,1-2H3,(H,19,23)(H2,18,21,22)/t11-/m1/s1. The van der Waals surface area contributed by atoms with E-state index in [1.807, 2.05) is 31.0 Å². The van der Waals surface area contributed by atoms with Gasteiger partial charge in [0.25, 0.3) is 0 Å². The van der Waals surface area contributed by atoms with E-state index in [0.29, 0.717) is 10.1 Å². The van der Waals surface area contributed by atoms with Crippen LogP contribution in [-0.2, 0) is 10.0 Å². The number of sulfonamides is 1. The molecule has 0 heterocycles. The van der Waals surface area contributed by atoms with Gasteiger partial charge in [-0.25, -0.2) is 13.6 Å². The maximum atomic E-state index is 11.3. The fourth-order valence-electron chi connectivity index (χ4n) is 2.08. The second-order valence-corrected chi connectivity index (χ2v) is 7.72. The first kappa shape index (κ1) is 18.7. The number of hydrogen-bond acceptors (Lipinski definition) is 3. The molecule has 0 saturated carbocycles. The fraction of sp³-hybridized carbons (Fsp3) is 0.188. The van der Waals surface area contributed by atoms with Crippen molar-refractivity contribution in [1.82, 2.24) is 4.90 Å².